The molecule has 0 radical (unpaired) electrons. The molecule has 0 rings (SSSR count). The van der Waals surface area contributed by atoms with E-state index < -0.39 is 0 Å². The highest BCUT2D eigenvalue weighted by atomic mass is 16.1. The Hall–Kier alpha value is -1.06. The molecule has 4 nitrogen and oxygen atoms in total. The van der Waals surface area contributed by atoms with Crippen LogP contribution in [-0.2, 0) is 9.59 Å². The topological polar surface area (TPSA) is 72.2 Å². The second-order valence-corrected chi connectivity index (χ2v) is 8.35. The summed E-state index contributed by atoms with van der Waals surface area (Å²) in [7, 11) is 0. The quantitative estimate of drug-likeness (QED) is 0.570. The van der Waals surface area contributed by atoms with Gasteiger partial charge in [-0.15, -0.1) is 0 Å². The van der Waals surface area contributed by atoms with E-state index in [0.717, 1.165) is 32.1 Å². The molecule has 0 unspecified atom stereocenters. The summed E-state index contributed by atoms with van der Waals surface area (Å²) in [6.07, 6.45) is 6.95. The second kappa shape index (κ2) is 9.86. The van der Waals surface area contributed by atoms with Crippen LogP contribution in [0.25, 0.3) is 0 Å². The Labute approximate surface area is 136 Å². The largest absolute Gasteiger partial charge is 0.370 e. The average molecular weight is 312 g/mol. The molecule has 130 valence electrons. The summed E-state index contributed by atoms with van der Waals surface area (Å²) in [6.45, 7) is 12.0. The van der Waals surface area contributed by atoms with Gasteiger partial charge in [-0.3, -0.25) is 9.59 Å². The van der Waals surface area contributed by atoms with Crippen LogP contribution in [0.5, 0.6) is 0 Å². The van der Waals surface area contributed by atoms with Crippen LogP contribution in [-0.4, -0.2) is 18.4 Å². The fourth-order valence-corrected chi connectivity index (χ4v) is 2.21. The number of amides is 2. The van der Waals surface area contributed by atoms with Gasteiger partial charge in [0.15, 0.2) is 0 Å². The van der Waals surface area contributed by atoms with Crippen molar-refractivity contribution >= 4 is 11.8 Å². The van der Waals surface area contributed by atoms with Gasteiger partial charge < -0.3 is 11.1 Å². The van der Waals surface area contributed by atoms with Crippen LogP contribution in [0.1, 0.15) is 86.0 Å². The van der Waals surface area contributed by atoms with Crippen LogP contribution < -0.4 is 11.1 Å². The summed E-state index contributed by atoms with van der Waals surface area (Å²) in [5.41, 5.74) is 5.64. The molecule has 3 N–H and O–H groups in total. The van der Waals surface area contributed by atoms with Crippen molar-refractivity contribution < 1.29 is 9.59 Å². The van der Waals surface area contributed by atoms with Crippen molar-refractivity contribution in [1.82, 2.24) is 5.32 Å². The molecule has 0 bridgehead atoms. The maximum atomic E-state index is 11.8. The van der Waals surface area contributed by atoms with Gasteiger partial charge in [-0.1, -0.05) is 41.0 Å². The summed E-state index contributed by atoms with van der Waals surface area (Å²) in [5, 5.41) is 2.96. The minimum atomic E-state index is -0.249. The molecular formula is C18H36N2O2. The summed E-state index contributed by atoms with van der Waals surface area (Å²) >= 11 is 0. The lowest BCUT2D eigenvalue weighted by Gasteiger charge is -2.28. The van der Waals surface area contributed by atoms with E-state index in [9.17, 15) is 9.59 Å². The highest BCUT2D eigenvalue weighted by Crippen LogP contribution is 2.33. The number of unbranched alkanes of at least 4 members (excludes halogenated alkanes) is 2. The third-order valence-electron chi connectivity index (χ3n) is 4.00. The Morgan fingerprint density at radius 3 is 2.05 bits per heavy atom. The number of carbonyl (C=O) groups is 2. The van der Waals surface area contributed by atoms with Crippen molar-refractivity contribution in [2.24, 2.45) is 16.6 Å². The van der Waals surface area contributed by atoms with Gasteiger partial charge in [0.25, 0.3) is 0 Å². The summed E-state index contributed by atoms with van der Waals surface area (Å²) in [6, 6.07) is 0. The van der Waals surface area contributed by atoms with Gasteiger partial charge in [0.2, 0.25) is 11.8 Å². The number of hydrogen-bond acceptors (Lipinski definition) is 2. The molecule has 4 heteroatoms. The Morgan fingerprint density at radius 2 is 1.50 bits per heavy atom. The average Bonchev–Trinajstić information content (AvgIpc) is 2.37. The number of rotatable bonds is 11. The van der Waals surface area contributed by atoms with Crippen LogP contribution in [0, 0.1) is 10.8 Å². The zero-order chi connectivity index (χ0) is 17.2. The molecule has 0 saturated heterocycles. The second-order valence-electron chi connectivity index (χ2n) is 8.35. The van der Waals surface area contributed by atoms with E-state index in [2.05, 4.69) is 39.9 Å². The van der Waals surface area contributed by atoms with Crippen molar-refractivity contribution in [2.45, 2.75) is 86.0 Å². The molecule has 0 atom stereocenters. The molecule has 0 aliphatic carbocycles. The fourth-order valence-electron chi connectivity index (χ4n) is 2.21. The van der Waals surface area contributed by atoms with E-state index in [0.29, 0.717) is 24.8 Å². The predicted molar refractivity (Wildman–Crippen MR) is 92.4 cm³/mol. The molecule has 0 aliphatic rings. The third-order valence-corrected chi connectivity index (χ3v) is 4.00. The molecule has 22 heavy (non-hydrogen) atoms. The molecule has 0 aliphatic heterocycles. The first-order valence-electron chi connectivity index (χ1n) is 8.57. The van der Waals surface area contributed by atoms with Gasteiger partial charge in [-0.05, 0) is 42.9 Å². The molecule has 0 saturated carbocycles. The van der Waals surface area contributed by atoms with Crippen LogP contribution in [0.3, 0.4) is 0 Å². The van der Waals surface area contributed by atoms with Crippen molar-refractivity contribution in [3.05, 3.63) is 0 Å². The summed E-state index contributed by atoms with van der Waals surface area (Å²) in [5.74, 6) is -0.111. The van der Waals surface area contributed by atoms with Gasteiger partial charge in [-0.2, -0.15) is 0 Å². The van der Waals surface area contributed by atoms with E-state index in [1.807, 2.05) is 0 Å². The zero-order valence-corrected chi connectivity index (χ0v) is 15.3. The first-order chi connectivity index (χ1) is 10.0. The first-order valence-corrected chi connectivity index (χ1v) is 8.57. The fraction of sp³-hybridized carbons (Fsp3) is 0.889. The molecular weight excluding hydrogens is 276 g/mol. The van der Waals surface area contributed by atoms with Gasteiger partial charge in [0.1, 0.15) is 0 Å². The lowest BCUT2D eigenvalue weighted by Crippen LogP contribution is -2.26. The zero-order valence-electron chi connectivity index (χ0n) is 15.3. The third kappa shape index (κ3) is 13.9. The van der Waals surface area contributed by atoms with Gasteiger partial charge in [0.05, 0.1) is 0 Å². The van der Waals surface area contributed by atoms with Crippen molar-refractivity contribution in [2.75, 3.05) is 6.54 Å². The van der Waals surface area contributed by atoms with Crippen LogP contribution in [0.2, 0.25) is 0 Å². The first kappa shape index (κ1) is 20.9. The van der Waals surface area contributed by atoms with Crippen molar-refractivity contribution in [1.29, 1.82) is 0 Å². The van der Waals surface area contributed by atoms with Crippen LogP contribution in [0.4, 0.5) is 0 Å². The lowest BCUT2D eigenvalue weighted by atomic mass is 9.77. The number of nitrogens with two attached hydrogens (primary N) is 1. The SMILES string of the molecule is CC(C)(C)CCC(C)(C)CCC(=O)NCCCCCC(N)=O. The van der Waals surface area contributed by atoms with Gasteiger partial charge in [-0.25, -0.2) is 0 Å². The van der Waals surface area contributed by atoms with Gasteiger partial charge in [0, 0.05) is 19.4 Å². The van der Waals surface area contributed by atoms with Gasteiger partial charge >= 0.3 is 0 Å². The van der Waals surface area contributed by atoms with E-state index in [4.69, 9.17) is 5.73 Å². The van der Waals surface area contributed by atoms with E-state index >= 15 is 0 Å². The maximum absolute atomic E-state index is 11.8. The number of nitrogens with one attached hydrogen (secondary N) is 1. The highest BCUT2D eigenvalue weighted by molar-refractivity contribution is 5.75. The Morgan fingerprint density at radius 1 is 0.864 bits per heavy atom. The highest BCUT2D eigenvalue weighted by Gasteiger charge is 2.22. The number of carbonyl (C=O) groups excluding carboxylic acids is 2. The molecule has 2 amide bonds. The smallest absolute Gasteiger partial charge is 0.220 e. The molecule has 0 aromatic heterocycles. The monoisotopic (exact) mass is 312 g/mol. The van der Waals surface area contributed by atoms with E-state index in [1.165, 1.54) is 6.42 Å². The van der Waals surface area contributed by atoms with Crippen molar-refractivity contribution in [3.63, 3.8) is 0 Å². The maximum Gasteiger partial charge on any atom is 0.220 e. The number of primary amides is 1. The normalized spacial score (nSPS) is 12.2. The minimum Gasteiger partial charge on any atom is -0.370 e. The van der Waals surface area contributed by atoms with Crippen molar-refractivity contribution in [3.8, 4) is 0 Å². The van der Waals surface area contributed by atoms with Crippen LogP contribution >= 0.6 is 0 Å². The summed E-state index contributed by atoms with van der Waals surface area (Å²) in [4.78, 5) is 22.4. The molecule has 0 fully saturated rings. The molecule has 0 aromatic rings. The van der Waals surface area contributed by atoms with Crippen LogP contribution in [0.15, 0.2) is 0 Å². The Kier molecular flexibility index (Phi) is 9.38. The lowest BCUT2D eigenvalue weighted by molar-refractivity contribution is -0.121. The molecule has 0 spiro atoms. The molecule has 0 aromatic carbocycles. The molecule has 0 heterocycles. The van der Waals surface area contributed by atoms with E-state index in [1.54, 1.807) is 0 Å². The predicted octanol–water partition coefficient (Wildman–Crippen LogP) is 3.78. The Bertz CT molecular complexity index is 343. The minimum absolute atomic E-state index is 0.138. The van der Waals surface area contributed by atoms with E-state index in [-0.39, 0.29) is 17.2 Å². The Balaban J connectivity index is 3.73. The standard InChI is InChI=1S/C18H36N2O2/c1-17(2,3)12-13-18(4,5)11-10-16(22)20-14-8-6-7-9-15(19)21/h6-14H2,1-5H3,(H2,19,21)(H,20,22). The number of hydrogen-bond donors (Lipinski definition) is 2. The summed E-state index contributed by atoms with van der Waals surface area (Å²) < 4.78 is 0.